The number of nitrogens with one attached hydrogen (secondary N) is 3. The number of rotatable bonds is 7. The molecule has 4 saturated carbocycles. The zero-order valence-electron chi connectivity index (χ0n) is 23.7. The smallest absolute Gasteiger partial charge is 0.475 e. The standard InChI is InChI=1S/C28H37N5O3.C2HF3O2/c29-14-25(34)31-23(13-20-15-30-22-5-2-1-4-21(20)22)28(36)33-7-3-6-24(33)27(35)32-26-18-9-16-8-17(11-18)12-19(26)10-16;3-2(4,5)1(6)7/h1-2,4-5,15-19,23-24,26,30H,3,6-14,29H2,(H,31,34)(H,32,35);(H,6,7)/t16?,17?,18?,19?,23-,24+,26?;/m0./s1. The van der Waals surface area contributed by atoms with Crippen molar-refractivity contribution in [2.45, 2.75) is 75.7 Å². The largest absolute Gasteiger partial charge is 0.490 e. The Morgan fingerprint density at radius 2 is 1.67 bits per heavy atom. The summed E-state index contributed by atoms with van der Waals surface area (Å²) in [5, 5.41) is 14.4. The van der Waals surface area contributed by atoms with Gasteiger partial charge in [-0.15, -0.1) is 0 Å². The quantitative estimate of drug-likeness (QED) is 0.327. The summed E-state index contributed by atoms with van der Waals surface area (Å²) in [4.78, 5) is 53.4. The van der Waals surface area contributed by atoms with Gasteiger partial charge in [-0.3, -0.25) is 14.4 Å². The molecule has 2 atom stereocenters. The summed E-state index contributed by atoms with van der Waals surface area (Å²) in [5.41, 5.74) is 7.51. The lowest BCUT2D eigenvalue weighted by atomic mass is 9.54. The van der Waals surface area contributed by atoms with E-state index in [1.807, 2.05) is 30.5 Å². The molecule has 1 aliphatic heterocycles. The lowest BCUT2D eigenvalue weighted by Gasteiger charge is -2.54. The van der Waals surface area contributed by atoms with Crippen LogP contribution in [0, 0.1) is 23.7 Å². The monoisotopic (exact) mass is 605 g/mol. The summed E-state index contributed by atoms with van der Waals surface area (Å²) in [6.45, 7) is 0.343. The minimum absolute atomic E-state index is 0.0191. The molecule has 0 spiro atoms. The SMILES string of the molecule is NCC(=O)N[C@@H](Cc1c[nH]c2ccccc12)C(=O)N1CCC[C@@H]1C(=O)NC1C2CC3CC(C2)CC1C3.O=C(O)C(F)(F)F. The number of carbonyl (C=O) groups is 4. The fraction of sp³-hybridized carbons (Fsp3) is 0.600. The van der Waals surface area contributed by atoms with Crippen molar-refractivity contribution in [3.63, 3.8) is 0 Å². The van der Waals surface area contributed by atoms with Gasteiger partial charge in [0.1, 0.15) is 12.1 Å². The van der Waals surface area contributed by atoms with E-state index in [0.717, 1.165) is 34.7 Å². The molecule has 4 aliphatic carbocycles. The number of aliphatic carboxylic acids is 1. The number of nitrogens with two attached hydrogens (primary N) is 1. The molecule has 2 aromatic rings. The average Bonchev–Trinajstić information content (AvgIpc) is 3.61. The van der Waals surface area contributed by atoms with Crippen molar-refractivity contribution in [2.24, 2.45) is 29.4 Å². The Labute approximate surface area is 246 Å². The zero-order chi connectivity index (χ0) is 30.9. The second kappa shape index (κ2) is 12.6. The lowest BCUT2D eigenvalue weighted by Crippen LogP contribution is -2.60. The van der Waals surface area contributed by atoms with Crippen LogP contribution in [0.5, 0.6) is 0 Å². The molecule has 1 saturated heterocycles. The average molecular weight is 606 g/mol. The van der Waals surface area contributed by atoms with E-state index in [1.165, 1.54) is 32.1 Å². The van der Waals surface area contributed by atoms with Gasteiger partial charge in [0, 0.05) is 36.1 Å². The first-order chi connectivity index (χ1) is 20.4. The van der Waals surface area contributed by atoms with Crippen LogP contribution in [-0.2, 0) is 25.6 Å². The van der Waals surface area contributed by atoms with E-state index >= 15 is 0 Å². The van der Waals surface area contributed by atoms with Gasteiger partial charge < -0.3 is 31.4 Å². The number of H-pyrrole nitrogens is 1. The second-order valence-electron chi connectivity index (χ2n) is 12.3. The number of alkyl halides is 3. The van der Waals surface area contributed by atoms with Gasteiger partial charge in [0.2, 0.25) is 17.7 Å². The van der Waals surface area contributed by atoms with Crippen molar-refractivity contribution in [3.8, 4) is 0 Å². The summed E-state index contributed by atoms with van der Waals surface area (Å²) < 4.78 is 31.7. The number of carbonyl (C=O) groups excluding carboxylic acids is 3. The van der Waals surface area contributed by atoms with Crippen LogP contribution in [0.2, 0.25) is 0 Å². The first kappa shape index (κ1) is 30.8. The van der Waals surface area contributed by atoms with Crippen LogP contribution in [0.15, 0.2) is 30.5 Å². The number of hydrogen-bond acceptors (Lipinski definition) is 5. The maximum Gasteiger partial charge on any atom is 0.490 e. The predicted octanol–water partition coefficient (Wildman–Crippen LogP) is 2.72. The van der Waals surface area contributed by atoms with E-state index in [2.05, 4.69) is 15.6 Å². The molecular weight excluding hydrogens is 567 g/mol. The Morgan fingerprint density at radius 1 is 1.05 bits per heavy atom. The second-order valence-corrected chi connectivity index (χ2v) is 12.3. The maximum absolute atomic E-state index is 13.8. The van der Waals surface area contributed by atoms with E-state index in [1.54, 1.807) is 4.90 Å². The van der Waals surface area contributed by atoms with E-state index in [0.29, 0.717) is 31.2 Å². The zero-order valence-corrected chi connectivity index (χ0v) is 23.7. The fourth-order valence-electron chi connectivity index (χ4n) is 7.90. The third kappa shape index (κ3) is 6.81. The summed E-state index contributed by atoms with van der Waals surface area (Å²) >= 11 is 0. The molecule has 234 valence electrons. The van der Waals surface area contributed by atoms with Crippen molar-refractivity contribution in [2.75, 3.05) is 13.1 Å². The van der Waals surface area contributed by atoms with Crippen LogP contribution in [-0.4, -0.2) is 76.1 Å². The third-order valence-electron chi connectivity index (χ3n) is 9.53. The molecule has 0 unspecified atom stereocenters. The molecule has 1 aromatic heterocycles. The predicted molar refractivity (Wildman–Crippen MR) is 150 cm³/mol. The van der Waals surface area contributed by atoms with Crippen LogP contribution >= 0.6 is 0 Å². The Morgan fingerprint density at radius 3 is 2.28 bits per heavy atom. The van der Waals surface area contributed by atoms with E-state index in [-0.39, 0.29) is 30.3 Å². The van der Waals surface area contributed by atoms with Gasteiger partial charge in [0.25, 0.3) is 0 Å². The molecule has 2 heterocycles. The number of carboxylic acid groups (broad SMARTS) is 1. The number of amides is 3. The normalized spacial score (nSPS) is 28.2. The minimum atomic E-state index is -5.08. The molecular formula is C30H38F3N5O5. The first-order valence-electron chi connectivity index (χ1n) is 14.9. The van der Waals surface area contributed by atoms with E-state index in [9.17, 15) is 27.6 Å². The molecule has 4 bridgehead atoms. The number of halogens is 3. The molecule has 13 heteroatoms. The van der Waals surface area contributed by atoms with Gasteiger partial charge in [-0.05, 0) is 80.2 Å². The molecule has 3 amide bonds. The highest BCUT2D eigenvalue weighted by Gasteiger charge is 2.49. The molecule has 10 nitrogen and oxygen atoms in total. The number of hydrogen-bond donors (Lipinski definition) is 5. The van der Waals surface area contributed by atoms with Crippen molar-refractivity contribution < 1.29 is 37.5 Å². The first-order valence-corrected chi connectivity index (χ1v) is 14.9. The van der Waals surface area contributed by atoms with Gasteiger partial charge in [0.05, 0.1) is 6.54 Å². The minimum Gasteiger partial charge on any atom is -0.475 e. The van der Waals surface area contributed by atoms with Gasteiger partial charge in [0.15, 0.2) is 0 Å². The van der Waals surface area contributed by atoms with Crippen molar-refractivity contribution in [3.05, 3.63) is 36.0 Å². The van der Waals surface area contributed by atoms with Gasteiger partial charge in [-0.2, -0.15) is 13.2 Å². The number of benzene rings is 1. The van der Waals surface area contributed by atoms with Crippen LogP contribution in [0.1, 0.15) is 50.5 Å². The van der Waals surface area contributed by atoms with Gasteiger partial charge >= 0.3 is 12.1 Å². The number of carboxylic acids is 1. The Hall–Kier alpha value is -3.61. The summed E-state index contributed by atoms with van der Waals surface area (Å²) in [5.74, 6) is -0.472. The number of aromatic nitrogens is 1. The molecule has 0 radical (unpaired) electrons. The highest BCUT2D eigenvalue weighted by Crippen LogP contribution is 2.53. The number of para-hydroxylation sites is 1. The summed E-state index contributed by atoms with van der Waals surface area (Å²) in [6, 6.07) is 6.91. The molecule has 5 fully saturated rings. The number of aromatic amines is 1. The fourth-order valence-corrected chi connectivity index (χ4v) is 7.90. The number of nitrogens with zero attached hydrogens (tertiary/aromatic N) is 1. The van der Waals surface area contributed by atoms with E-state index < -0.39 is 24.2 Å². The van der Waals surface area contributed by atoms with Crippen molar-refractivity contribution >= 4 is 34.6 Å². The highest BCUT2D eigenvalue weighted by molar-refractivity contribution is 5.94. The Balaban J connectivity index is 0.000000472. The third-order valence-corrected chi connectivity index (χ3v) is 9.53. The van der Waals surface area contributed by atoms with Gasteiger partial charge in [-0.25, -0.2) is 4.79 Å². The maximum atomic E-state index is 13.8. The summed E-state index contributed by atoms with van der Waals surface area (Å²) in [6.07, 6.45) is 4.93. The lowest BCUT2D eigenvalue weighted by molar-refractivity contribution is -0.192. The molecule has 7 rings (SSSR count). The number of likely N-dealkylation sites (tertiary alicyclic amines) is 1. The van der Waals surface area contributed by atoms with Gasteiger partial charge in [-0.1, -0.05) is 18.2 Å². The van der Waals surface area contributed by atoms with Crippen LogP contribution in [0.3, 0.4) is 0 Å². The Kier molecular flexibility index (Phi) is 9.00. The topological polar surface area (TPSA) is 158 Å². The Bertz CT molecular complexity index is 1330. The van der Waals surface area contributed by atoms with Crippen LogP contribution in [0.25, 0.3) is 10.9 Å². The van der Waals surface area contributed by atoms with E-state index in [4.69, 9.17) is 15.6 Å². The molecule has 5 aliphatic rings. The molecule has 1 aromatic carbocycles. The van der Waals surface area contributed by atoms with Crippen molar-refractivity contribution in [1.29, 1.82) is 0 Å². The number of fused-ring (bicyclic) bond motifs is 1. The van der Waals surface area contributed by atoms with Crippen LogP contribution in [0.4, 0.5) is 13.2 Å². The summed E-state index contributed by atoms with van der Waals surface area (Å²) in [7, 11) is 0. The molecule has 43 heavy (non-hydrogen) atoms. The highest BCUT2D eigenvalue weighted by atomic mass is 19.4. The molecule has 6 N–H and O–H groups in total. The van der Waals surface area contributed by atoms with Crippen molar-refractivity contribution in [1.82, 2.24) is 20.5 Å². The van der Waals surface area contributed by atoms with Crippen LogP contribution < -0.4 is 16.4 Å².